The maximum Gasteiger partial charge on any atom is 0.274 e. The summed E-state index contributed by atoms with van der Waals surface area (Å²) in [5, 5.41) is -0.0374. The molecule has 3 rings (SSSR count). The summed E-state index contributed by atoms with van der Waals surface area (Å²) in [5.74, 6) is 0. The number of hydrogen-bond donors (Lipinski definition) is 1. The normalized spacial score (nSPS) is 28.4. The van der Waals surface area contributed by atoms with Gasteiger partial charge >= 0.3 is 0 Å². The third-order valence-electron chi connectivity index (χ3n) is 4.63. The van der Waals surface area contributed by atoms with Crippen molar-refractivity contribution in [3.05, 3.63) is 18.4 Å². The van der Waals surface area contributed by atoms with E-state index in [0.717, 1.165) is 12.8 Å². The van der Waals surface area contributed by atoms with E-state index < -0.39 is 10.0 Å². The maximum absolute atomic E-state index is 12.3. The number of rotatable bonds is 5. The highest BCUT2D eigenvalue weighted by atomic mass is 32.2. The van der Waals surface area contributed by atoms with Crippen molar-refractivity contribution >= 4 is 10.0 Å². The fourth-order valence-corrected chi connectivity index (χ4v) is 4.69. The van der Waals surface area contributed by atoms with Crippen molar-refractivity contribution in [3.63, 3.8) is 0 Å². The molecule has 2 atom stereocenters. The van der Waals surface area contributed by atoms with Crippen LogP contribution >= 0.6 is 0 Å². The van der Waals surface area contributed by atoms with E-state index in [2.05, 4.69) is 4.72 Å². The predicted molar refractivity (Wildman–Crippen MR) is 75.3 cm³/mol. The lowest BCUT2D eigenvalue weighted by molar-refractivity contribution is -0.168. The summed E-state index contributed by atoms with van der Waals surface area (Å²) < 4.78 is 43.6. The van der Waals surface area contributed by atoms with Crippen molar-refractivity contribution in [2.75, 3.05) is 19.8 Å². The van der Waals surface area contributed by atoms with Crippen LogP contribution < -0.4 is 4.72 Å². The standard InChI is InChI=1S/C14H21NO5S/c1-2-19-12-10-11(14(12)5-8-18-9-6-14)15-21(16,17)13-4-3-7-20-13/h3-4,7,11-12,15H,2,5-6,8-10H2,1H3/t11-,12-/m0/s1. The second-order valence-electron chi connectivity index (χ2n) is 5.63. The van der Waals surface area contributed by atoms with Crippen LogP contribution in [0, 0.1) is 5.41 Å². The minimum absolute atomic E-state index is 0.0374. The van der Waals surface area contributed by atoms with Gasteiger partial charge in [0.05, 0.1) is 12.4 Å². The zero-order valence-corrected chi connectivity index (χ0v) is 12.9. The van der Waals surface area contributed by atoms with E-state index in [4.69, 9.17) is 13.9 Å². The van der Waals surface area contributed by atoms with Crippen LogP contribution in [0.4, 0.5) is 0 Å². The molecule has 2 fully saturated rings. The van der Waals surface area contributed by atoms with Gasteiger partial charge in [0.2, 0.25) is 5.09 Å². The molecule has 0 bridgehead atoms. The van der Waals surface area contributed by atoms with Gasteiger partial charge in [-0.05, 0) is 38.3 Å². The second kappa shape index (κ2) is 5.72. The molecule has 1 saturated heterocycles. The minimum atomic E-state index is -3.60. The van der Waals surface area contributed by atoms with Crippen LogP contribution in [0.3, 0.4) is 0 Å². The van der Waals surface area contributed by atoms with Crippen molar-refractivity contribution in [2.45, 2.75) is 43.4 Å². The lowest BCUT2D eigenvalue weighted by Gasteiger charge is -2.57. The lowest BCUT2D eigenvalue weighted by Crippen LogP contribution is -2.66. The van der Waals surface area contributed by atoms with E-state index in [9.17, 15) is 8.42 Å². The van der Waals surface area contributed by atoms with Crippen LogP contribution in [0.5, 0.6) is 0 Å². The summed E-state index contributed by atoms with van der Waals surface area (Å²) in [7, 11) is -3.60. The van der Waals surface area contributed by atoms with E-state index in [0.29, 0.717) is 26.2 Å². The van der Waals surface area contributed by atoms with Gasteiger partial charge in [-0.3, -0.25) is 0 Å². The van der Waals surface area contributed by atoms with Crippen molar-refractivity contribution in [1.82, 2.24) is 4.72 Å². The third kappa shape index (κ3) is 2.63. The van der Waals surface area contributed by atoms with E-state index in [-0.39, 0.29) is 22.7 Å². The van der Waals surface area contributed by atoms with Crippen LogP contribution in [0.25, 0.3) is 0 Å². The SMILES string of the molecule is CCO[C@H]1C[C@H](NS(=O)(=O)c2ccco2)C12CCOCC2. The quantitative estimate of drug-likeness (QED) is 0.891. The fourth-order valence-electron chi connectivity index (χ4n) is 3.43. The zero-order chi connectivity index (χ0) is 14.9. The molecule has 1 spiro atoms. The molecule has 2 aliphatic rings. The van der Waals surface area contributed by atoms with Crippen LogP contribution in [0.2, 0.25) is 0 Å². The molecular weight excluding hydrogens is 294 g/mol. The first-order valence-corrected chi connectivity index (χ1v) is 8.82. The molecule has 1 aromatic rings. The van der Waals surface area contributed by atoms with Gasteiger partial charge in [-0.1, -0.05) is 0 Å². The van der Waals surface area contributed by atoms with Crippen molar-refractivity contribution in [2.24, 2.45) is 5.41 Å². The molecule has 7 heteroatoms. The van der Waals surface area contributed by atoms with Crippen molar-refractivity contribution in [3.8, 4) is 0 Å². The Hall–Kier alpha value is -0.890. The van der Waals surface area contributed by atoms with E-state index in [1.54, 1.807) is 6.07 Å². The first-order chi connectivity index (χ1) is 10.1. The number of sulfonamides is 1. The molecule has 6 nitrogen and oxygen atoms in total. The Morgan fingerprint density at radius 3 is 2.81 bits per heavy atom. The molecule has 118 valence electrons. The Bertz CT molecular complexity index is 562. The molecule has 1 aromatic heterocycles. The van der Waals surface area contributed by atoms with Gasteiger partial charge in [-0.2, -0.15) is 0 Å². The molecule has 0 amide bonds. The largest absolute Gasteiger partial charge is 0.452 e. The van der Waals surface area contributed by atoms with E-state index >= 15 is 0 Å². The minimum Gasteiger partial charge on any atom is -0.452 e. The van der Waals surface area contributed by atoms with Crippen LogP contribution in [0.1, 0.15) is 26.2 Å². The summed E-state index contributed by atoms with van der Waals surface area (Å²) in [6.45, 7) is 3.92. The summed E-state index contributed by atoms with van der Waals surface area (Å²) in [6, 6.07) is 2.91. The molecule has 1 aliphatic heterocycles. The molecule has 0 aromatic carbocycles. The molecule has 0 unspecified atom stereocenters. The average molecular weight is 315 g/mol. The van der Waals surface area contributed by atoms with Crippen LogP contribution in [0.15, 0.2) is 27.9 Å². The highest BCUT2D eigenvalue weighted by Gasteiger charge is 2.57. The average Bonchev–Trinajstić information content (AvgIpc) is 3.02. The summed E-state index contributed by atoms with van der Waals surface area (Å²) in [6.07, 6.45) is 3.82. The monoisotopic (exact) mass is 315 g/mol. The van der Waals surface area contributed by atoms with E-state index in [1.165, 1.54) is 12.3 Å². The second-order valence-corrected chi connectivity index (χ2v) is 7.28. The lowest BCUT2D eigenvalue weighted by atomic mass is 9.58. The summed E-state index contributed by atoms with van der Waals surface area (Å²) in [4.78, 5) is 0. The van der Waals surface area contributed by atoms with Gasteiger partial charge in [0.15, 0.2) is 0 Å². The number of nitrogens with one attached hydrogen (secondary N) is 1. The molecular formula is C14H21NO5S. The Kier molecular flexibility index (Phi) is 4.09. The molecule has 1 saturated carbocycles. The highest BCUT2D eigenvalue weighted by Crippen LogP contribution is 2.51. The Balaban J connectivity index is 1.76. The number of ether oxygens (including phenoxy) is 2. The smallest absolute Gasteiger partial charge is 0.274 e. The number of hydrogen-bond acceptors (Lipinski definition) is 5. The highest BCUT2D eigenvalue weighted by molar-refractivity contribution is 7.89. The number of furan rings is 1. The van der Waals surface area contributed by atoms with Gasteiger partial charge in [0.1, 0.15) is 0 Å². The summed E-state index contributed by atoms with van der Waals surface area (Å²) in [5.41, 5.74) is -0.145. The fraction of sp³-hybridized carbons (Fsp3) is 0.714. The third-order valence-corrected chi connectivity index (χ3v) is 5.99. The molecule has 2 heterocycles. The Morgan fingerprint density at radius 2 is 2.19 bits per heavy atom. The van der Waals surface area contributed by atoms with Gasteiger partial charge in [-0.15, -0.1) is 0 Å². The van der Waals surface area contributed by atoms with Crippen molar-refractivity contribution in [1.29, 1.82) is 0 Å². The predicted octanol–water partition coefficient (Wildman–Crippen LogP) is 1.53. The van der Waals surface area contributed by atoms with Gasteiger partial charge in [0.25, 0.3) is 10.0 Å². The molecule has 0 radical (unpaired) electrons. The molecule has 1 N–H and O–H groups in total. The van der Waals surface area contributed by atoms with Crippen LogP contribution in [-0.4, -0.2) is 40.4 Å². The Morgan fingerprint density at radius 1 is 1.43 bits per heavy atom. The van der Waals surface area contributed by atoms with Crippen molar-refractivity contribution < 1.29 is 22.3 Å². The first-order valence-electron chi connectivity index (χ1n) is 7.34. The van der Waals surface area contributed by atoms with Gasteiger partial charge < -0.3 is 13.9 Å². The summed E-state index contributed by atoms with van der Waals surface area (Å²) >= 11 is 0. The Labute approximate surface area is 124 Å². The molecule has 21 heavy (non-hydrogen) atoms. The van der Waals surface area contributed by atoms with E-state index in [1.807, 2.05) is 6.92 Å². The molecule has 1 aliphatic carbocycles. The maximum atomic E-state index is 12.3. The van der Waals surface area contributed by atoms with Crippen LogP contribution in [-0.2, 0) is 19.5 Å². The van der Waals surface area contributed by atoms with Gasteiger partial charge in [0, 0.05) is 31.3 Å². The first kappa shape index (κ1) is 15.0. The van der Waals surface area contributed by atoms with Gasteiger partial charge in [-0.25, -0.2) is 13.1 Å². The zero-order valence-electron chi connectivity index (χ0n) is 12.1. The topological polar surface area (TPSA) is 77.8 Å².